The van der Waals surface area contributed by atoms with Crippen molar-refractivity contribution >= 4 is 0 Å². The molecule has 0 amide bonds. The van der Waals surface area contributed by atoms with Crippen LogP contribution in [0.1, 0.15) is 57.1 Å². The number of aliphatic hydroxyl groups excluding tert-OH is 3. The molecule has 2 rings (SSSR count). The summed E-state index contributed by atoms with van der Waals surface area (Å²) in [4.78, 5) is 0. The average Bonchev–Trinajstić information content (AvgIpc) is 2.80. The van der Waals surface area contributed by atoms with Gasteiger partial charge in [0.25, 0.3) is 0 Å². The number of hydrogen-bond acceptors (Lipinski definition) is 7. The van der Waals surface area contributed by atoms with Crippen LogP contribution in [0.25, 0.3) is 0 Å². The summed E-state index contributed by atoms with van der Waals surface area (Å²) in [6.07, 6.45) is -1.09. The highest BCUT2D eigenvalue weighted by atomic mass is 16.6. The first-order valence-corrected chi connectivity index (χ1v) is 11.6. The lowest BCUT2D eigenvalue weighted by molar-refractivity contribution is -0.0199. The van der Waals surface area contributed by atoms with Gasteiger partial charge in [-0.15, -0.1) is 0 Å². The molecule has 2 aromatic carbocycles. The molecule has 0 saturated carbocycles. The second-order valence-electron chi connectivity index (χ2n) is 8.20. The molecule has 0 aliphatic rings. The molecule has 0 radical (unpaired) electrons. The first kappa shape index (κ1) is 27.1. The predicted octanol–water partition coefficient (Wildman–Crippen LogP) is 4.02. The molecule has 0 aliphatic carbocycles. The van der Waals surface area contributed by atoms with E-state index in [1.54, 1.807) is 37.3 Å². The Morgan fingerprint density at radius 2 is 1.39 bits per heavy atom. The van der Waals surface area contributed by atoms with Crippen molar-refractivity contribution in [1.82, 2.24) is 0 Å². The van der Waals surface area contributed by atoms with Crippen LogP contribution in [0, 0.1) is 5.92 Å². The molecule has 2 aromatic rings. The SMILES string of the molecule is CCCOCCOCCOc1cc(OC(O)c2ccccc2)cc(C(O)C(C)CC(C)O)c1. The van der Waals surface area contributed by atoms with Crippen LogP contribution in [0.3, 0.4) is 0 Å². The van der Waals surface area contributed by atoms with Crippen molar-refractivity contribution < 1.29 is 34.3 Å². The van der Waals surface area contributed by atoms with Gasteiger partial charge >= 0.3 is 0 Å². The number of benzene rings is 2. The van der Waals surface area contributed by atoms with Crippen LogP contribution in [0.2, 0.25) is 0 Å². The highest BCUT2D eigenvalue weighted by Gasteiger charge is 2.21. The summed E-state index contributed by atoms with van der Waals surface area (Å²) in [6.45, 7) is 8.10. The van der Waals surface area contributed by atoms with E-state index in [0.29, 0.717) is 55.5 Å². The third kappa shape index (κ3) is 10.1. The van der Waals surface area contributed by atoms with E-state index in [4.69, 9.17) is 18.9 Å². The Kier molecular flexibility index (Phi) is 12.2. The number of aliphatic hydroxyl groups is 3. The fourth-order valence-corrected chi connectivity index (χ4v) is 3.41. The summed E-state index contributed by atoms with van der Waals surface area (Å²) in [5.74, 6) is 0.687. The molecule has 0 fully saturated rings. The summed E-state index contributed by atoms with van der Waals surface area (Å²) in [6, 6.07) is 14.1. The monoisotopic (exact) mass is 462 g/mol. The maximum absolute atomic E-state index is 10.8. The van der Waals surface area contributed by atoms with Crippen molar-refractivity contribution in [3.8, 4) is 11.5 Å². The lowest BCUT2D eigenvalue weighted by Crippen LogP contribution is -2.16. The minimum absolute atomic E-state index is 0.182. The zero-order chi connectivity index (χ0) is 24.1. The molecule has 184 valence electrons. The summed E-state index contributed by atoms with van der Waals surface area (Å²) in [5, 5.41) is 31.0. The van der Waals surface area contributed by atoms with Crippen molar-refractivity contribution in [3.63, 3.8) is 0 Å². The number of ether oxygens (including phenoxy) is 4. The summed E-state index contributed by atoms with van der Waals surface area (Å²) >= 11 is 0. The summed E-state index contributed by atoms with van der Waals surface area (Å²) in [7, 11) is 0. The van der Waals surface area contributed by atoms with Crippen molar-refractivity contribution in [2.75, 3.05) is 33.0 Å². The smallest absolute Gasteiger partial charge is 0.224 e. The summed E-state index contributed by atoms with van der Waals surface area (Å²) in [5.41, 5.74) is 1.21. The van der Waals surface area contributed by atoms with E-state index >= 15 is 0 Å². The van der Waals surface area contributed by atoms with Gasteiger partial charge in [0.2, 0.25) is 6.29 Å². The standard InChI is InChI=1S/C26H38O7/c1-4-10-30-11-12-31-13-14-32-23-16-22(25(28)19(2)15-20(3)27)17-24(18-23)33-26(29)21-8-6-5-7-9-21/h5-9,16-20,25-29H,4,10-15H2,1-3H3. The van der Waals surface area contributed by atoms with Crippen LogP contribution in [0.15, 0.2) is 48.5 Å². The van der Waals surface area contributed by atoms with Gasteiger partial charge in [-0.25, -0.2) is 0 Å². The number of rotatable bonds is 16. The maximum Gasteiger partial charge on any atom is 0.224 e. The molecule has 0 saturated heterocycles. The lowest BCUT2D eigenvalue weighted by Gasteiger charge is -2.22. The van der Waals surface area contributed by atoms with E-state index in [9.17, 15) is 15.3 Å². The maximum atomic E-state index is 10.8. The Hall–Kier alpha value is -2.16. The Morgan fingerprint density at radius 1 is 0.758 bits per heavy atom. The zero-order valence-electron chi connectivity index (χ0n) is 19.9. The molecule has 4 unspecified atom stereocenters. The first-order valence-electron chi connectivity index (χ1n) is 11.6. The molecule has 3 N–H and O–H groups in total. The van der Waals surface area contributed by atoms with E-state index < -0.39 is 18.5 Å². The lowest BCUT2D eigenvalue weighted by atomic mass is 9.92. The van der Waals surface area contributed by atoms with Gasteiger partial charge in [-0.05, 0) is 43.4 Å². The Bertz CT molecular complexity index is 781. The number of hydrogen-bond donors (Lipinski definition) is 3. The van der Waals surface area contributed by atoms with Gasteiger partial charge in [0, 0.05) is 18.2 Å². The van der Waals surface area contributed by atoms with Gasteiger partial charge in [0.1, 0.15) is 18.1 Å². The second kappa shape index (κ2) is 14.9. The largest absolute Gasteiger partial charge is 0.491 e. The highest BCUT2D eigenvalue weighted by Crippen LogP contribution is 2.33. The zero-order valence-corrected chi connectivity index (χ0v) is 19.9. The molecular formula is C26H38O7. The van der Waals surface area contributed by atoms with E-state index in [-0.39, 0.29) is 5.92 Å². The van der Waals surface area contributed by atoms with Gasteiger partial charge in [0.05, 0.1) is 32.0 Å². The van der Waals surface area contributed by atoms with Crippen molar-refractivity contribution in [2.45, 2.75) is 52.1 Å². The van der Waals surface area contributed by atoms with Crippen LogP contribution in [0.4, 0.5) is 0 Å². The minimum Gasteiger partial charge on any atom is -0.491 e. The van der Waals surface area contributed by atoms with E-state index in [1.165, 1.54) is 0 Å². The molecule has 7 heteroatoms. The Balaban J connectivity index is 2.05. The molecule has 0 aliphatic heterocycles. The van der Waals surface area contributed by atoms with Gasteiger partial charge in [-0.1, -0.05) is 44.2 Å². The normalized spacial score (nSPS) is 15.0. The van der Waals surface area contributed by atoms with Gasteiger partial charge in [0.15, 0.2) is 0 Å². The fraction of sp³-hybridized carbons (Fsp3) is 0.538. The van der Waals surface area contributed by atoms with Crippen LogP contribution in [-0.2, 0) is 9.47 Å². The highest BCUT2D eigenvalue weighted by molar-refractivity contribution is 5.40. The van der Waals surface area contributed by atoms with E-state index in [0.717, 1.165) is 13.0 Å². The Labute approximate surface area is 196 Å². The molecule has 7 nitrogen and oxygen atoms in total. The van der Waals surface area contributed by atoms with Crippen molar-refractivity contribution in [3.05, 3.63) is 59.7 Å². The molecule has 0 heterocycles. The predicted molar refractivity (Wildman–Crippen MR) is 126 cm³/mol. The molecule has 0 spiro atoms. The van der Waals surface area contributed by atoms with Crippen molar-refractivity contribution in [2.24, 2.45) is 5.92 Å². The molecule has 4 atom stereocenters. The summed E-state index contributed by atoms with van der Waals surface area (Å²) < 4.78 is 22.5. The second-order valence-corrected chi connectivity index (χ2v) is 8.20. The van der Waals surface area contributed by atoms with Gasteiger partial charge in [-0.2, -0.15) is 0 Å². The van der Waals surface area contributed by atoms with Gasteiger partial charge in [-0.3, -0.25) is 0 Å². The molecule has 0 bridgehead atoms. The average molecular weight is 463 g/mol. The van der Waals surface area contributed by atoms with Crippen LogP contribution in [-0.4, -0.2) is 54.5 Å². The third-order valence-corrected chi connectivity index (χ3v) is 5.05. The molecule has 33 heavy (non-hydrogen) atoms. The van der Waals surface area contributed by atoms with E-state index in [1.807, 2.05) is 25.1 Å². The quantitative estimate of drug-likeness (QED) is 0.256. The van der Waals surface area contributed by atoms with E-state index in [2.05, 4.69) is 6.92 Å². The fourth-order valence-electron chi connectivity index (χ4n) is 3.41. The Morgan fingerprint density at radius 3 is 2.06 bits per heavy atom. The van der Waals surface area contributed by atoms with Crippen LogP contribution in [0.5, 0.6) is 11.5 Å². The van der Waals surface area contributed by atoms with Crippen LogP contribution < -0.4 is 9.47 Å². The molecule has 0 aromatic heterocycles. The first-order chi connectivity index (χ1) is 15.9. The van der Waals surface area contributed by atoms with Gasteiger partial charge < -0.3 is 34.3 Å². The minimum atomic E-state index is -1.16. The van der Waals surface area contributed by atoms with Crippen molar-refractivity contribution in [1.29, 1.82) is 0 Å². The molecular weight excluding hydrogens is 424 g/mol. The third-order valence-electron chi connectivity index (χ3n) is 5.05. The van der Waals surface area contributed by atoms with Crippen LogP contribution >= 0.6 is 0 Å². The topological polar surface area (TPSA) is 97.6 Å².